The second-order valence-electron chi connectivity index (χ2n) is 9.30. The van der Waals surface area contributed by atoms with Crippen molar-refractivity contribution in [3.63, 3.8) is 0 Å². The molecule has 4 rings (SSSR count). The quantitative estimate of drug-likeness (QED) is 0.476. The molecule has 35 heavy (non-hydrogen) atoms. The molecule has 3 amide bonds. The van der Waals surface area contributed by atoms with Crippen molar-refractivity contribution in [2.24, 2.45) is 0 Å². The maximum Gasteiger partial charge on any atom is 0.294 e. The Bertz CT molecular complexity index is 1300. The fourth-order valence-corrected chi connectivity index (χ4v) is 5.69. The van der Waals surface area contributed by atoms with Crippen molar-refractivity contribution in [1.29, 1.82) is 0 Å². The average Bonchev–Trinajstić information content (AvgIpc) is 3.02. The number of benzene rings is 2. The van der Waals surface area contributed by atoms with Crippen LogP contribution in [0.15, 0.2) is 47.4 Å². The molecule has 0 spiro atoms. The molecule has 182 valence electrons. The lowest BCUT2D eigenvalue weighted by Gasteiger charge is -2.43. The smallest absolute Gasteiger partial charge is 0.294 e. The summed E-state index contributed by atoms with van der Waals surface area (Å²) in [6, 6.07) is 11.2. The van der Waals surface area contributed by atoms with Crippen molar-refractivity contribution in [2.75, 3.05) is 23.3 Å². The van der Waals surface area contributed by atoms with Crippen LogP contribution in [0.5, 0.6) is 0 Å². The Hall–Kier alpha value is -3.03. The molecule has 8 heteroatoms. The first-order valence-electron chi connectivity index (χ1n) is 11.4. The first-order chi connectivity index (χ1) is 16.5. The number of fused-ring (bicyclic) bond motifs is 1. The molecule has 0 aliphatic carbocycles. The Kier molecular flexibility index (Phi) is 6.84. The van der Waals surface area contributed by atoms with Gasteiger partial charge in [0.2, 0.25) is 5.91 Å². The molecule has 1 N–H and O–H groups in total. The Morgan fingerprint density at radius 2 is 1.91 bits per heavy atom. The van der Waals surface area contributed by atoms with Crippen LogP contribution in [0, 0.1) is 6.92 Å². The molecule has 2 aromatic carbocycles. The number of carbonyl (C=O) groups is 3. The van der Waals surface area contributed by atoms with Crippen molar-refractivity contribution in [2.45, 2.75) is 40.2 Å². The van der Waals surface area contributed by atoms with Gasteiger partial charge in [-0.05, 0) is 93.4 Å². The highest BCUT2D eigenvalue weighted by Gasteiger charge is 2.37. The highest BCUT2D eigenvalue weighted by molar-refractivity contribution is 8.18. The maximum atomic E-state index is 13.0. The van der Waals surface area contributed by atoms with E-state index in [0.29, 0.717) is 16.3 Å². The van der Waals surface area contributed by atoms with E-state index in [-0.39, 0.29) is 17.0 Å². The van der Waals surface area contributed by atoms with Gasteiger partial charge in [-0.1, -0.05) is 29.8 Å². The first-order valence-corrected chi connectivity index (χ1v) is 12.6. The predicted octanol–water partition coefficient (Wildman–Crippen LogP) is 6.35. The Morgan fingerprint density at radius 1 is 1.17 bits per heavy atom. The third-order valence-electron chi connectivity index (χ3n) is 6.18. The summed E-state index contributed by atoms with van der Waals surface area (Å²) in [7, 11) is 0. The van der Waals surface area contributed by atoms with Gasteiger partial charge < -0.3 is 10.2 Å². The van der Waals surface area contributed by atoms with Crippen LogP contribution in [0.25, 0.3) is 11.6 Å². The molecule has 0 bridgehead atoms. The number of imide groups is 1. The fourth-order valence-electron chi connectivity index (χ4n) is 4.65. The molecule has 1 saturated heterocycles. The number of halogens is 1. The van der Waals surface area contributed by atoms with E-state index >= 15 is 0 Å². The van der Waals surface area contributed by atoms with Crippen LogP contribution >= 0.6 is 23.4 Å². The van der Waals surface area contributed by atoms with Gasteiger partial charge in [-0.15, -0.1) is 0 Å². The third-order valence-corrected chi connectivity index (χ3v) is 7.41. The number of anilines is 2. The van der Waals surface area contributed by atoms with Gasteiger partial charge in [-0.3, -0.25) is 19.3 Å². The van der Waals surface area contributed by atoms with E-state index in [4.69, 9.17) is 11.6 Å². The van der Waals surface area contributed by atoms with E-state index in [1.807, 2.05) is 37.3 Å². The molecule has 6 nitrogen and oxygen atoms in total. The van der Waals surface area contributed by atoms with Gasteiger partial charge in [0.05, 0.1) is 10.4 Å². The molecule has 2 aromatic rings. The molecule has 0 aromatic heterocycles. The lowest BCUT2D eigenvalue weighted by atomic mass is 9.88. The van der Waals surface area contributed by atoms with Crippen molar-refractivity contribution in [3.8, 4) is 0 Å². The van der Waals surface area contributed by atoms with E-state index in [9.17, 15) is 14.4 Å². The van der Waals surface area contributed by atoms with Gasteiger partial charge in [-0.2, -0.15) is 0 Å². The number of likely N-dealkylation sites (N-methyl/N-ethyl adjacent to an activating group) is 1. The predicted molar refractivity (Wildman–Crippen MR) is 145 cm³/mol. The number of nitrogens with one attached hydrogen (secondary N) is 1. The summed E-state index contributed by atoms with van der Waals surface area (Å²) in [5.74, 6) is -0.939. The van der Waals surface area contributed by atoms with Crippen LogP contribution in [-0.2, 0) is 9.59 Å². The number of hydrogen-bond acceptors (Lipinski definition) is 5. The molecule has 0 radical (unpaired) electrons. The van der Waals surface area contributed by atoms with E-state index in [1.165, 1.54) is 0 Å². The van der Waals surface area contributed by atoms with E-state index in [1.54, 1.807) is 12.1 Å². The van der Waals surface area contributed by atoms with Crippen molar-refractivity contribution in [3.05, 3.63) is 69.1 Å². The summed E-state index contributed by atoms with van der Waals surface area (Å²) in [5.41, 5.74) is 5.34. The van der Waals surface area contributed by atoms with E-state index < -0.39 is 17.1 Å². The van der Waals surface area contributed by atoms with Gasteiger partial charge in [0.25, 0.3) is 11.1 Å². The Balaban J connectivity index is 1.57. The van der Waals surface area contributed by atoms with Gasteiger partial charge in [0, 0.05) is 28.5 Å². The Labute approximate surface area is 215 Å². The summed E-state index contributed by atoms with van der Waals surface area (Å²) in [5, 5.41) is 2.75. The van der Waals surface area contributed by atoms with Crippen LogP contribution in [0.1, 0.15) is 44.4 Å². The number of hydrogen-bond donors (Lipinski definition) is 1. The number of nitrogens with zero attached hydrogens (tertiary/aromatic N) is 2. The first kappa shape index (κ1) is 25.1. The molecular formula is C27H28ClN3O3S. The monoisotopic (exact) mass is 509 g/mol. The van der Waals surface area contributed by atoms with Gasteiger partial charge in [0.15, 0.2) is 0 Å². The van der Waals surface area contributed by atoms with Crippen molar-refractivity contribution < 1.29 is 14.4 Å². The normalized spacial score (nSPS) is 18.1. The number of amides is 3. The minimum atomic E-state index is -0.503. The minimum absolute atomic E-state index is 0.141. The van der Waals surface area contributed by atoms with Crippen LogP contribution in [0.2, 0.25) is 5.02 Å². The maximum absolute atomic E-state index is 13.0. The number of thioether (sulfide) groups is 1. The largest absolute Gasteiger partial charge is 0.363 e. The van der Waals surface area contributed by atoms with Crippen LogP contribution < -0.4 is 10.2 Å². The zero-order chi connectivity index (χ0) is 25.5. The zero-order valence-corrected chi connectivity index (χ0v) is 22.0. The zero-order valence-electron chi connectivity index (χ0n) is 20.4. The minimum Gasteiger partial charge on any atom is -0.363 e. The van der Waals surface area contributed by atoms with Crippen LogP contribution in [0.3, 0.4) is 0 Å². The third kappa shape index (κ3) is 5.02. The molecule has 2 aliphatic rings. The summed E-state index contributed by atoms with van der Waals surface area (Å²) in [6.45, 7) is 10.9. The SMILES string of the molecule is CCN1c2cc(Cl)c(/C=C3/SC(=O)N(CC(=O)Nc4cccc(C)c4)C3=O)cc2C(C)=CC1(C)C. The Morgan fingerprint density at radius 3 is 2.60 bits per heavy atom. The van der Waals surface area contributed by atoms with Gasteiger partial charge in [0.1, 0.15) is 6.54 Å². The molecule has 0 saturated carbocycles. The topological polar surface area (TPSA) is 69.7 Å². The van der Waals surface area contributed by atoms with Crippen molar-refractivity contribution >= 4 is 63.4 Å². The van der Waals surface area contributed by atoms with E-state index in [2.05, 4.69) is 44.0 Å². The molecular weight excluding hydrogens is 482 g/mol. The van der Waals surface area contributed by atoms with Crippen LogP contribution in [0.4, 0.5) is 16.2 Å². The lowest BCUT2D eigenvalue weighted by molar-refractivity contribution is -0.127. The average molecular weight is 510 g/mol. The summed E-state index contributed by atoms with van der Waals surface area (Å²) in [4.78, 5) is 41.5. The standard InChI is InChI=1S/C27H28ClN3O3S/c1-6-31-22-13-21(28)18(11-20(22)17(3)14-27(31,4)5)12-23-25(33)30(26(34)35-23)15-24(32)29-19-9-7-8-16(2)10-19/h7-14H,6,15H2,1-5H3,(H,29,32)/b23-12+. The lowest BCUT2D eigenvalue weighted by Crippen LogP contribution is -2.44. The highest BCUT2D eigenvalue weighted by atomic mass is 35.5. The molecule has 0 atom stereocenters. The molecule has 2 heterocycles. The van der Waals surface area contributed by atoms with E-state index in [0.717, 1.165) is 45.6 Å². The second-order valence-corrected chi connectivity index (χ2v) is 10.7. The molecule has 2 aliphatic heterocycles. The van der Waals surface area contributed by atoms with Gasteiger partial charge >= 0.3 is 0 Å². The van der Waals surface area contributed by atoms with Crippen molar-refractivity contribution in [1.82, 2.24) is 4.90 Å². The fraction of sp³-hybridized carbons (Fsp3) is 0.296. The van der Waals surface area contributed by atoms with Gasteiger partial charge in [-0.25, -0.2) is 0 Å². The molecule has 1 fully saturated rings. The highest BCUT2D eigenvalue weighted by Crippen LogP contribution is 2.42. The van der Waals surface area contributed by atoms with Crippen LogP contribution in [-0.4, -0.2) is 40.6 Å². The summed E-state index contributed by atoms with van der Waals surface area (Å²) in [6.07, 6.45) is 3.85. The number of aryl methyl sites for hydroxylation is 1. The number of allylic oxidation sites excluding steroid dienone is 1. The summed E-state index contributed by atoms with van der Waals surface area (Å²) < 4.78 is 0. The number of carbonyl (C=O) groups excluding carboxylic acids is 3. The number of rotatable bonds is 5. The summed E-state index contributed by atoms with van der Waals surface area (Å²) >= 11 is 7.45. The molecule has 0 unspecified atom stereocenters. The second kappa shape index (κ2) is 9.55.